The second kappa shape index (κ2) is 11.2. The van der Waals surface area contributed by atoms with Crippen molar-refractivity contribution in [2.45, 2.75) is 129 Å². The van der Waals surface area contributed by atoms with Crippen LogP contribution in [0.2, 0.25) is 0 Å². The quantitative estimate of drug-likeness (QED) is 0.215. The molecule has 4 rings (SSSR count). The summed E-state index contributed by atoms with van der Waals surface area (Å²) in [5, 5.41) is 0.824. The van der Waals surface area contributed by atoms with Gasteiger partial charge in [0.25, 0.3) is 0 Å². The van der Waals surface area contributed by atoms with Crippen LogP contribution in [0.1, 0.15) is 119 Å². The standard InChI is InChI=1S/C32H53BrOS/c1-20(2)9-8-10-22(5)26-13-14-27-25-12-11-23-19-24(35-30(34)29(33)21(3)4)15-17-31(23,6)28(25)16-18-32(26,27)7/h11,20-22,24-29H,8-10,12-19H2,1-7H3/t22?,24-,25?,26?,27?,28?,29?,31-,32+/m0/s1. The molecule has 1 nitrogen and oxygen atoms in total. The van der Waals surface area contributed by atoms with Gasteiger partial charge in [0.05, 0.1) is 4.83 Å². The molecule has 35 heavy (non-hydrogen) atoms. The van der Waals surface area contributed by atoms with E-state index in [0.717, 1.165) is 41.9 Å². The van der Waals surface area contributed by atoms with Gasteiger partial charge >= 0.3 is 0 Å². The van der Waals surface area contributed by atoms with E-state index >= 15 is 0 Å². The third-order valence-corrected chi connectivity index (χ3v) is 14.4. The molecular weight excluding hydrogens is 512 g/mol. The van der Waals surface area contributed by atoms with Crippen molar-refractivity contribution >= 4 is 32.8 Å². The van der Waals surface area contributed by atoms with Crippen molar-refractivity contribution in [3.05, 3.63) is 11.6 Å². The van der Waals surface area contributed by atoms with Crippen LogP contribution >= 0.6 is 27.7 Å². The lowest BCUT2D eigenvalue weighted by molar-refractivity contribution is -0.111. The maximum absolute atomic E-state index is 12.8. The van der Waals surface area contributed by atoms with Gasteiger partial charge in [-0.15, -0.1) is 0 Å². The number of alkyl halides is 1. The first kappa shape index (κ1) is 28.3. The van der Waals surface area contributed by atoms with Crippen LogP contribution in [-0.2, 0) is 4.79 Å². The summed E-state index contributed by atoms with van der Waals surface area (Å²) in [6.45, 7) is 16.9. The van der Waals surface area contributed by atoms with E-state index in [2.05, 4.69) is 70.5 Å². The highest BCUT2D eigenvalue weighted by Gasteiger charge is 2.59. The fraction of sp³-hybridized carbons (Fsp3) is 0.906. The van der Waals surface area contributed by atoms with E-state index in [1.807, 2.05) is 0 Å². The smallest absolute Gasteiger partial charge is 0.203 e. The van der Waals surface area contributed by atoms with Gasteiger partial charge in [-0.2, -0.15) is 0 Å². The topological polar surface area (TPSA) is 17.1 Å². The Hall–Kier alpha value is 0.240. The van der Waals surface area contributed by atoms with Gasteiger partial charge < -0.3 is 0 Å². The van der Waals surface area contributed by atoms with Gasteiger partial charge in [0.2, 0.25) is 5.12 Å². The van der Waals surface area contributed by atoms with Gasteiger partial charge in [-0.1, -0.05) is 107 Å². The fourth-order valence-corrected chi connectivity index (χ4v) is 10.8. The minimum Gasteiger partial charge on any atom is -0.286 e. The third-order valence-electron chi connectivity index (χ3n) is 11.4. The van der Waals surface area contributed by atoms with Crippen molar-refractivity contribution in [2.24, 2.45) is 52.3 Å². The average molecular weight is 566 g/mol. The zero-order chi connectivity index (χ0) is 25.5. The van der Waals surface area contributed by atoms with Gasteiger partial charge in [-0.25, -0.2) is 0 Å². The van der Waals surface area contributed by atoms with E-state index in [1.165, 1.54) is 64.2 Å². The van der Waals surface area contributed by atoms with Crippen LogP contribution in [0.25, 0.3) is 0 Å². The minimum atomic E-state index is -0.00961. The van der Waals surface area contributed by atoms with Crippen LogP contribution in [0.3, 0.4) is 0 Å². The molecule has 0 amide bonds. The predicted molar refractivity (Wildman–Crippen MR) is 157 cm³/mol. The molecule has 3 heteroatoms. The van der Waals surface area contributed by atoms with Crippen molar-refractivity contribution in [2.75, 3.05) is 0 Å². The fourth-order valence-electron chi connectivity index (χ4n) is 9.25. The molecule has 3 fully saturated rings. The lowest BCUT2D eigenvalue weighted by Crippen LogP contribution is -2.50. The molecule has 0 heterocycles. The largest absolute Gasteiger partial charge is 0.286 e. The summed E-state index contributed by atoms with van der Waals surface area (Å²) < 4.78 is 0. The highest BCUT2D eigenvalue weighted by molar-refractivity contribution is 9.10. The van der Waals surface area contributed by atoms with Crippen molar-refractivity contribution in [1.29, 1.82) is 0 Å². The molecule has 0 N–H and O–H groups in total. The van der Waals surface area contributed by atoms with Gasteiger partial charge in [-0.3, -0.25) is 4.79 Å². The number of rotatable bonds is 8. The van der Waals surface area contributed by atoms with E-state index in [-0.39, 0.29) is 4.83 Å². The zero-order valence-electron chi connectivity index (χ0n) is 23.7. The molecule has 0 saturated heterocycles. The lowest BCUT2D eigenvalue weighted by Gasteiger charge is -2.58. The van der Waals surface area contributed by atoms with E-state index in [0.29, 0.717) is 27.1 Å². The van der Waals surface area contributed by atoms with E-state index in [4.69, 9.17) is 0 Å². The molecule has 4 aliphatic rings. The van der Waals surface area contributed by atoms with Crippen LogP contribution in [0.5, 0.6) is 0 Å². The zero-order valence-corrected chi connectivity index (χ0v) is 26.1. The van der Waals surface area contributed by atoms with E-state index < -0.39 is 0 Å². The number of carbonyl (C=O) groups is 1. The molecule has 3 saturated carbocycles. The predicted octanol–water partition coefficient (Wildman–Crippen LogP) is 10.1. The Morgan fingerprint density at radius 1 is 1.03 bits per heavy atom. The second-order valence-corrected chi connectivity index (χ2v) is 16.5. The molecule has 0 aromatic rings. The maximum atomic E-state index is 12.8. The second-order valence-electron chi connectivity index (χ2n) is 14.2. The molecule has 6 unspecified atom stereocenters. The van der Waals surface area contributed by atoms with Gasteiger partial charge in [0.15, 0.2) is 0 Å². The molecule has 200 valence electrons. The summed E-state index contributed by atoms with van der Waals surface area (Å²) >= 11 is 5.28. The van der Waals surface area contributed by atoms with Crippen LogP contribution in [-0.4, -0.2) is 15.2 Å². The highest BCUT2D eigenvalue weighted by Crippen LogP contribution is 2.67. The number of fused-ring (bicyclic) bond motifs is 5. The Kier molecular flexibility index (Phi) is 9.00. The molecule has 0 aromatic carbocycles. The number of allylic oxidation sites excluding steroid dienone is 2. The summed E-state index contributed by atoms with van der Waals surface area (Å²) in [6.07, 6.45) is 17.7. The normalized spacial score (nSPS) is 40.6. The summed E-state index contributed by atoms with van der Waals surface area (Å²) in [6, 6.07) is 0. The number of halogens is 1. The van der Waals surface area contributed by atoms with Crippen LogP contribution < -0.4 is 0 Å². The Balaban J connectivity index is 1.43. The Bertz CT molecular complexity index is 788. The number of thioether (sulfide) groups is 1. The number of hydrogen-bond donors (Lipinski definition) is 0. The SMILES string of the molecule is CC(C)CCCC(C)C1CCC2C3CC=C4C[C@@H](SC(=O)C(Br)C(C)C)CC[C@]4(C)C3CC[C@]12C. The Labute approximate surface area is 229 Å². The molecule has 9 atom stereocenters. The number of carbonyl (C=O) groups excluding carboxylic acids is 1. The van der Waals surface area contributed by atoms with Crippen molar-refractivity contribution < 1.29 is 4.79 Å². The first-order chi connectivity index (χ1) is 16.5. The molecule has 0 aliphatic heterocycles. The van der Waals surface area contributed by atoms with Gasteiger partial charge in [-0.05, 0) is 104 Å². The third kappa shape index (κ3) is 5.53. The van der Waals surface area contributed by atoms with Crippen LogP contribution in [0.4, 0.5) is 0 Å². The van der Waals surface area contributed by atoms with Gasteiger partial charge in [0, 0.05) is 5.25 Å². The first-order valence-corrected chi connectivity index (χ1v) is 16.8. The summed E-state index contributed by atoms with van der Waals surface area (Å²) in [7, 11) is 0. The van der Waals surface area contributed by atoms with Crippen molar-refractivity contribution in [3.8, 4) is 0 Å². The van der Waals surface area contributed by atoms with Gasteiger partial charge in [0.1, 0.15) is 0 Å². The average Bonchev–Trinajstić information content (AvgIpc) is 3.15. The maximum Gasteiger partial charge on any atom is 0.203 e. The minimum absolute atomic E-state index is 0.00961. The first-order valence-electron chi connectivity index (χ1n) is 15.0. The number of hydrogen-bond acceptors (Lipinski definition) is 2. The molecule has 0 aromatic heterocycles. The van der Waals surface area contributed by atoms with Crippen molar-refractivity contribution in [3.63, 3.8) is 0 Å². The summed E-state index contributed by atoms with van der Waals surface area (Å²) in [5.41, 5.74) is 2.67. The molecule has 0 bridgehead atoms. The summed E-state index contributed by atoms with van der Waals surface area (Å²) in [5.74, 6) is 5.74. The van der Waals surface area contributed by atoms with E-state index in [9.17, 15) is 4.79 Å². The Morgan fingerprint density at radius 2 is 1.77 bits per heavy atom. The van der Waals surface area contributed by atoms with E-state index in [1.54, 1.807) is 17.3 Å². The molecule has 0 spiro atoms. The van der Waals surface area contributed by atoms with Crippen molar-refractivity contribution in [1.82, 2.24) is 0 Å². The highest BCUT2D eigenvalue weighted by atomic mass is 79.9. The molecular formula is C32H53BrOS. The molecule has 0 radical (unpaired) electrons. The van der Waals surface area contributed by atoms with Crippen LogP contribution in [0.15, 0.2) is 11.6 Å². The van der Waals surface area contributed by atoms with Crippen LogP contribution in [0, 0.1) is 52.3 Å². The Morgan fingerprint density at radius 3 is 2.46 bits per heavy atom. The summed E-state index contributed by atoms with van der Waals surface area (Å²) in [4.78, 5) is 12.8. The lowest BCUT2D eigenvalue weighted by atomic mass is 9.47. The monoisotopic (exact) mass is 564 g/mol. The molecule has 4 aliphatic carbocycles.